The van der Waals surface area contributed by atoms with Crippen LogP contribution in [0.4, 0.5) is 5.69 Å². The summed E-state index contributed by atoms with van der Waals surface area (Å²) in [6.45, 7) is 3.69. The van der Waals surface area contributed by atoms with Crippen LogP contribution in [-0.2, 0) is 13.0 Å². The highest BCUT2D eigenvalue weighted by Crippen LogP contribution is 2.39. The van der Waals surface area contributed by atoms with E-state index in [-0.39, 0.29) is 5.91 Å². The second kappa shape index (κ2) is 10.2. The van der Waals surface area contributed by atoms with Crippen molar-refractivity contribution in [2.24, 2.45) is 0 Å². The van der Waals surface area contributed by atoms with Crippen molar-refractivity contribution in [3.63, 3.8) is 0 Å². The summed E-state index contributed by atoms with van der Waals surface area (Å²) in [6, 6.07) is 14.5. The number of anilines is 1. The van der Waals surface area contributed by atoms with E-state index in [4.69, 9.17) is 27.6 Å². The molecule has 0 fully saturated rings. The van der Waals surface area contributed by atoms with Crippen LogP contribution in [0.25, 0.3) is 33.7 Å². The van der Waals surface area contributed by atoms with E-state index >= 15 is 0 Å². The second-order valence-electron chi connectivity index (χ2n) is 9.46. The predicted octanol–water partition coefficient (Wildman–Crippen LogP) is 7.29. The lowest BCUT2D eigenvalue weighted by Gasteiger charge is -2.20. The van der Waals surface area contributed by atoms with Gasteiger partial charge in [-0.2, -0.15) is 0 Å². The van der Waals surface area contributed by atoms with E-state index in [1.165, 1.54) is 11.3 Å². The molecule has 0 spiro atoms. The normalized spacial score (nSPS) is 13.4. The van der Waals surface area contributed by atoms with Crippen LogP contribution in [0.15, 0.2) is 52.9 Å². The SMILES string of the molecule is Cc1c(-c2nc3cc(C=O)cc(Cl)c3o2)cccc1-c1cccc(NC(=O)c2nc3c(s2)CN(C)CC3)c1Cl. The smallest absolute Gasteiger partial charge is 0.284 e. The molecule has 0 bridgehead atoms. The Kier molecular flexibility index (Phi) is 6.72. The van der Waals surface area contributed by atoms with Gasteiger partial charge in [0.25, 0.3) is 5.91 Å². The number of aromatic nitrogens is 2. The van der Waals surface area contributed by atoms with E-state index < -0.39 is 0 Å². The number of halogens is 2. The van der Waals surface area contributed by atoms with Gasteiger partial charge in [-0.1, -0.05) is 47.5 Å². The maximum atomic E-state index is 13.1. The third-order valence-electron chi connectivity index (χ3n) is 6.82. The summed E-state index contributed by atoms with van der Waals surface area (Å²) in [7, 11) is 2.06. The summed E-state index contributed by atoms with van der Waals surface area (Å²) >= 11 is 14.6. The number of amides is 1. The summed E-state index contributed by atoms with van der Waals surface area (Å²) < 4.78 is 6.00. The van der Waals surface area contributed by atoms with Gasteiger partial charge in [0.1, 0.15) is 11.8 Å². The molecule has 3 heterocycles. The maximum absolute atomic E-state index is 13.1. The number of hydrogen-bond donors (Lipinski definition) is 1. The van der Waals surface area contributed by atoms with E-state index in [1.807, 2.05) is 37.3 Å². The zero-order chi connectivity index (χ0) is 27.3. The molecule has 5 aromatic rings. The molecule has 0 aliphatic carbocycles. The monoisotopic (exact) mass is 576 g/mol. The molecule has 0 saturated heterocycles. The standard InChI is InChI=1S/C29H22Cl2N4O3S/c1-15-17(5-3-6-18(15)28-33-23-12-16(14-36)11-20(30)26(23)38-28)19-7-4-8-22(25(19)31)32-27(37)29-34-21-9-10-35(2)13-24(21)39-29/h3-8,11-12,14H,9-10,13H2,1-2H3,(H,32,37). The van der Waals surface area contributed by atoms with Crippen LogP contribution in [-0.4, -0.2) is 40.7 Å². The number of thiazole rings is 1. The summed E-state index contributed by atoms with van der Waals surface area (Å²) in [5.74, 6) is 0.105. The molecule has 196 valence electrons. The van der Waals surface area contributed by atoms with E-state index in [0.717, 1.165) is 58.6 Å². The van der Waals surface area contributed by atoms with Crippen molar-refractivity contribution in [2.75, 3.05) is 18.9 Å². The number of oxazole rings is 1. The quantitative estimate of drug-likeness (QED) is 0.221. The van der Waals surface area contributed by atoms with Gasteiger partial charge in [0.05, 0.1) is 21.4 Å². The molecule has 0 unspecified atom stereocenters. The highest BCUT2D eigenvalue weighted by atomic mass is 35.5. The molecule has 0 radical (unpaired) electrons. The first-order valence-corrected chi connectivity index (χ1v) is 13.8. The van der Waals surface area contributed by atoms with Crippen molar-refractivity contribution in [1.29, 1.82) is 0 Å². The Morgan fingerprint density at radius 3 is 2.69 bits per heavy atom. The topological polar surface area (TPSA) is 88.3 Å². The Balaban J connectivity index is 1.33. The van der Waals surface area contributed by atoms with Crippen LogP contribution in [0.1, 0.15) is 36.3 Å². The summed E-state index contributed by atoms with van der Waals surface area (Å²) in [5.41, 5.74) is 6.11. The van der Waals surface area contributed by atoms with Crippen LogP contribution in [0.3, 0.4) is 0 Å². The minimum atomic E-state index is -0.278. The maximum Gasteiger partial charge on any atom is 0.284 e. The van der Waals surface area contributed by atoms with Crippen molar-refractivity contribution in [3.8, 4) is 22.6 Å². The van der Waals surface area contributed by atoms with Crippen LogP contribution >= 0.6 is 34.5 Å². The molecule has 2 aromatic heterocycles. The lowest BCUT2D eigenvalue weighted by molar-refractivity contribution is 0.102. The van der Waals surface area contributed by atoms with E-state index in [2.05, 4.69) is 27.2 Å². The van der Waals surface area contributed by atoms with Gasteiger partial charge in [0.2, 0.25) is 5.89 Å². The summed E-state index contributed by atoms with van der Waals surface area (Å²) in [4.78, 5) is 36.8. The largest absolute Gasteiger partial charge is 0.434 e. The van der Waals surface area contributed by atoms with E-state index in [9.17, 15) is 9.59 Å². The molecule has 0 saturated carbocycles. The fourth-order valence-electron chi connectivity index (χ4n) is 4.79. The van der Waals surface area contributed by atoms with Crippen LogP contribution in [0, 0.1) is 6.92 Å². The van der Waals surface area contributed by atoms with Crippen LogP contribution in [0.2, 0.25) is 10.0 Å². The molecule has 7 nitrogen and oxygen atoms in total. The number of carbonyl (C=O) groups excluding carboxylic acids is 2. The number of benzene rings is 3. The fourth-order valence-corrected chi connectivity index (χ4v) is 6.41. The molecule has 1 N–H and O–H groups in total. The molecule has 1 amide bonds. The van der Waals surface area contributed by atoms with Gasteiger partial charge in [-0.3, -0.25) is 9.59 Å². The van der Waals surface area contributed by atoms with Crippen molar-refractivity contribution in [2.45, 2.75) is 19.9 Å². The van der Waals surface area contributed by atoms with Gasteiger partial charge >= 0.3 is 0 Å². The average molecular weight is 577 g/mol. The number of aldehydes is 1. The Bertz CT molecular complexity index is 1780. The number of fused-ring (bicyclic) bond motifs is 2. The zero-order valence-corrected chi connectivity index (χ0v) is 23.4. The molecule has 1 aliphatic rings. The molecule has 1 aliphatic heterocycles. The minimum absolute atomic E-state index is 0.278. The van der Waals surface area contributed by atoms with Gasteiger partial charge < -0.3 is 14.6 Å². The Morgan fingerprint density at radius 2 is 1.87 bits per heavy atom. The number of nitrogens with one attached hydrogen (secondary N) is 1. The lowest BCUT2D eigenvalue weighted by atomic mass is 9.96. The summed E-state index contributed by atoms with van der Waals surface area (Å²) in [6.07, 6.45) is 1.56. The van der Waals surface area contributed by atoms with E-state index in [1.54, 1.807) is 18.2 Å². The van der Waals surface area contributed by atoms with Gasteiger partial charge in [0, 0.05) is 41.1 Å². The number of hydrogen-bond acceptors (Lipinski definition) is 7. The second-order valence-corrected chi connectivity index (χ2v) is 11.3. The lowest BCUT2D eigenvalue weighted by Crippen LogP contribution is -2.25. The van der Waals surface area contributed by atoms with Gasteiger partial charge in [-0.05, 0) is 49.4 Å². The Hall–Kier alpha value is -3.56. The van der Waals surface area contributed by atoms with Crippen molar-refractivity contribution in [1.82, 2.24) is 14.9 Å². The average Bonchev–Trinajstić information content (AvgIpc) is 3.54. The predicted molar refractivity (Wildman–Crippen MR) is 155 cm³/mol. The first-order valence-electron chi connectivity index (χ1n) is 12.2. The number of rotatable bonds is 5. The van der Waals surface area contributed by atoms with Crippen molar-refractivity contribution < 1.29 is 14.0 Å². The first kappa shape index (κ1) is 25.7. The zero-order valence-electron chi connectivity index (χ0n) is 21.0. The van der Waals surface area contributed by atoms with Crippen molar-refractivity contribution >= 4 is 63.5 Å². The van der Waals surface area contributed by atoms with Gasteiger partial charge in [0.15, 0.2) is 10.6 Å². The Morgan fingerprint density at radius 1 is 1.10 bits per heavy atom. The molecule has 39 heavy (non-hydrogen) atoms. The molecule has 0 atom stereocenters. The first-order chi connectivity index (χ1) is 18.8. The molecule has 10 heteroatoms. The Labute approximate surface area is 238 Å². The minimum Gasteiger partial charge on any atom is -0.434 e. The number of carbonyl (C=O) groups is 2. The fraction of sp³-hybridized carbons (Fsp3) is 0.172. The highest BCUT2D eigenvalue weighted by Gasteiger charge is 2.23. The van der Waals surface area contributed by atoms with Gasteiger partial charge in [-0.15, -0.1) is 11.3 Å². The van der Waals surface area contributed by atoms with Crippen molar-refractivity contribution in [3.05, 3.63) is 85.3 Å². The third kappa shape index (κ3) is 4.74. The van der Waals surface area contributed by atoms with Gasteiger partial charge in [-0.25, -0.2) is 9.97 Å². The summed E-state index contributed by atoms with van der Waals surface area (Å²) in [5, 5.41) is 4.12. The van der Waals surface area contributed by atoms with Crippen LogP contribution in [0.5, 0.6) is 0 Å². The number of nitrogens with zero attached hydrogens (tertiary/aromatic N) is 3. The van der Waals surface area contributed by atoms with E-state index in [0.29, 0.717) is 43.3 Å². The number of likely N-dealkylation sites (N-methyl/N-ethyl adjacent to an activating group) is 1. The molecule has 3 aromatic carbocycles. The molecular weight excluding hydrogens is 555 g/mol. The molecular formula is C29H22Cl2N4O3S. The van der Waals surface area contributed by atoms with Crippen LogP contribution < -0.4 is 5.32 Å². The molecule has 6 rings (SSSR count). The highest BCUT2D eigenvalue weighted by molar-refractivity contribution is 7.13. The third-order valence-corrected chi connectivity index (χ3v) is 8.59.